The third-order valence-corrected chi connectivity index (χ3v) is 2.57. The molecule has 0 bridgehead atoms. The van der Waals surface area contributed by atoms with E-state index in [2.05, 4.69) is 5.32 Å². The molecule has 0 aliphatic rings. The number of hydrogen-bond donors (Lipinski definition) is 5. The molecule has 1 aromatic carbocycles. The van der Waals surface area contributed by atoms with Gasteiger partial charge in [0.05, 0.1) is 5.56 Å². The number of nitrogens with one attached hydrogen (secondary N) is 1. The van der Waals surface area contributed by atoms with Gasteiger partial charge in [-0.15, -0.1) is 0 Å². The first-order chi connectivity index (χ1) is 9.31. The van der Waals surface area contributed by atoms with E-state index in [1.165, 1.54) is 18.2 Å². The first-order valence-electron chi connectivity index (χ1n) is 5.72. The van der Waals surface area contributed by atoms with E-state index >= 15 is 0 Å². The Morgan fingerprint density at radius 1 is 1.25 bits per heavy atom. The maximum Gasteiger partial charge on any atom is 0.337 e. The smallest absolute Gasteiger partial charge is 0.337 e. The third kappa shape index (κ3) is 4.25. The predicted molar refractivity (Wildman–Crippen MR) is 71.3 cm³/mol. The van der Waals surface area contributed by atoms with Crippen LogP contribution in [0.3, 0.4) is 0 Å². The molecule has 1 rings (SSSR count). The summed E-state index contributed by atoms with van der Waals surface area (Å²) in [4.78, 5) is 32.9. The number of amides is 1. The molecule has 7 N–H and O–H groups in total. The number of carboxylic acid groups (broad SMARTS) is 2. The van der Waals surface area contributed by atoms with Crippen LogP contribution in [0.1, 0.15) is 23.2 Å². The Bertz CT molecular complexity index is 544. The molecule has 1 aromatic rings. The van der Waals surface area contributed by atoms with Crippen molar-refractivity contribution in [2.24, 2.45) is 5.73 Å². The number of nitrogens with two attached hydrogens (primary N) is 2. The Morgan fingerprint density at radius 2 is 1.90 bits per heavy atom. The van der Waals surface area contributed by atoms with E-state index in [-0.39, 0.29) is 29.8 Å². The highest BCUT2D eigenvalue weighted by molar-refractivity contribution is 5.97. The molecule has 1 amide bonds. The summed E-state index contributed by atoms with van der Waals surface area (Å²) < 4.78 is 0. The van der Waals surface area contributed by atoms with Crippen LogP contribution in [0.4, 0.5) is 11.4 Å². The van der Waals surface area contributed by atoms with Crippen molar-refractivity contribution in [1.29, 1.82) is 0 Å². The summed E-state index contributed by atoms with van der Waals surface area (Å²) in [7, 11) is 0. The van der Waals surface area contributed by atoms with Gasteiger partial charge in [0.15, 0.2) is 0 Å². The van der Waals surface area contributed by atoms with E-state index in [0.717, 1.165) is 0 Å². The molecule has 8 nitrogen and oxygen atoms in total. The number of carbonyl (C=O) groups excluding carboxylic acids is 1. The number of anilines is 2. The number of carbonyl (C=O) groups is 3. The van der Waals surface area contributed by atoms with E-state index in [1.807, 2.05) is 0 Å². The van der Waals surface area contributed by atoms with Crippen LogP contribution in [0.5, 0.6) is 0 Å². The summed E-state index contributed by atoms with van der Waals surface area (Å²) in [5.74, 6) is -2.84. The molecule has 0 spiro atoms. The summed E-state index contributed by atoms with van der Waals surface area (Å²) in [6.45, 7) is 0. The molecule has 0 radical (unpaired) electrons. The van der Waals surface area contributed by atoms with Crippen LogP contribution in [-0.2, 0) is 9.59 Å². The first kappa shape index (κ1) is 15.4. The maximum atomic E-state index is 11.6. The lowest BCUT2D eigenvalue weighted by atomic mass is 10.1. The average molecular weight is 281 g/mol. The number of rotatable bonds is 6. The summed E-state index contributed by atoms with van der Waals surface area (Å²) in [6, 6.07) is 2.94. The zero-order chi connectivity index (χ0) is 15.3. The van der Waals surface area contributed by atoms with E-state index in [9.17, 15) is 14.4 Å². The van der Waals surface area contributed by atoms with Gasteiger partial charge >= 0.3 is 11.9 Å². The SMILES string of the molecule is Nc1ccc(NC(=O)CC[C@H](N)C(=O)O)cc1C(=O)O. The van der Waals surface area contributed by atoms with Crippen molar-refractivity contribution < 1.29 is 24.6 Å². The second-order valence-corrected chi connectivity index (χ2v) is 4.14. The molecular formula is C12H15N3O5. The van der Waals surface area contributed by atoms with Crippen LogP contribution in [0.2, 0.25) is 0 Å². The van der Waals surface area contributed by atoms with E-state index in [1.54, 1.807) is 0 Å². The number of hydrogen-bond acceptors (Lipinski definition) is 5. The molecule has 0 fully saturated rings. The highest BCUT2D eigenvalue weighted by Crippen LogP contribution is 2.18. The normalized spacial score (nSPS) is 11.7. The fraction of sp³-hybridized carbons (Fsp3) is 0.250. The molecule has 0 unspecified atom stereocenters. The van der Waals surface area contributed by atoms with Crippen molar-refractivity contribution in [3.8, 4) is 0 Å². The Labute approximate surface area is 114 Å². The largest absolute Gasteiger partial charge is 0.480 e. The first-order valence-corrected chi connectivity index (χ1v) is 5.72. The summed E-state index contributed by atoms with van der Waals surface area (Å²) >= 11 is 0. The monoisotopic (exact) mass is 281 g/mol. The number of carboxylic acids is 2. The third-order valence-electron chi connectivity index (χ3n) is 2.57. The Kier molecular flexibility index (Phi) is 5.04. The highest BCUT2D eigenvalue weighted by Gasteiger charge is 2.14. The van der Waals surface area contributed by atoms with Gasteiger partial charge in [-0.25, -0.2) is 4.79 Å². The van der Waals surface area contributed by atoms with Crippen LogP contribution in [0.25, 0.3) is 0 Å². The Morgan fingerprint density at radius 3 is 2.45 bits per heavy atom. The number of nitrogen functional groups attached to an aromatic ring is 1. The molecule has 0 aliphatic heterocycles. The molecule has 0 saturated carbocycles. The van der Waals surface area contributed by atoms with Crippen molar-refractivity contribution >= 4 is 29.2 Å². The molecule has 108 valence electrons. The molecule has 20 heavy (non-hydrogen) atoms. The molecule has 0 heterocycles. The van der Waals surface area contributed by atoms with Gasteiger partial charge < -0.3 is 27.0 Å². The fourth-order valence-electron chi connectivity index (χ4n) is 1.45. The zero-order valence-electron chi connectivity index (χ0n) is 10.5. The number of aromatic carboxylic acids is 1. The topological polar surface area (TPSA) is 156 Å². The van der Waals surface area contributed by atoms with E-state index < -0.39 is 23.9 Å². The number of benzene rings is 1. The molecule has 1 atom stereocenters. The lowest BCUT2D eigenvalue weighted by Gasteiger charge is -2.09. The van der Waals surface area contributed by atoms with Crippen molar-refractivity contribution in [1.82, 2.24) is 0 Å². The average Bonchev–Trinajstić information content (AvgIpc) is 2.37. The van der Waals surface area contributed by atoms with Gasteiger partial charge in [-0.2, -0.15) is 0 Å². The van der Waals surface area contributed by atoms with Gasteiger partial charge in [0.1, 0.15) is 6.04 Å². The second-order valence-electron chi connectivity index (χ2n) is 4.14. The summed E-state index contributed by atoms with van der Waals surface area (Å²) in [6.07, 6.45) is -0.0951. The summed E-state index contributed by atoms with van der Waals surface area (Å²) in [5, 5.41) is 19.9. The summed E-state index contributed by atoms with van der Waals surface area (Å²) in [5.41, 5.74) is 11.0. The molecule has 0 aliphatic carbocycles. The Hall–Kier alpha value is -2.61. The lowest BCUT2D eigenvalue weighted by Crippen LogP contribution is -2.31. The van der Waals surface area contributed by atoms with Gasteiger partial charge in [0, 0.05) is 17.8 Å². The molecular weight excluding hydrogens is 266 g/mol. The minimum atomic E-state index is -1.20. The molecule has 8 heteroatoms. The number of aliphatic carboxylic acids is 1. The van der Waals surface area contributed by atoms with Gasteiger partial charge in [-0.1, -0.05) is 0 Å². The highest BCUT2D eigenvalue weighted by atomic mass is 16.4. The zero-order valence-corrected chi connectivity index (χ0v) is 10.5. The quantitative estimate of drug-likeness (QED) is 0.463. The fourth-order valence-corrected chi connectivity index (χ4v) is 1.45. The predicted octanol–water partition coefficient (Wildman–Crippen LogP) is 0.0976. The van der Waals surface area contributed by atoms with Crippen LogP contribution in [-0.4, -0.2) is 34.1 Å². The van der Waals surface area contributed by atoms with Crippen molar-refractivity contribution in [3.05, 3.63) is 23.8 Å². The molecule has 0 saturated heterocycles. The second kappa shape index (κ2) is 6.53. The van der Waals surface area contributed by atoms with Gasteiger partial charge in [0.2, 0.25) is 5.91 Å². The van der Waals surface area contributed by atoms with Gasteiger partial charge in [-0.3, -0.25) is 9.59 Å². The maximum absolute atomic E-state index is 11.6. The Balaban J connectivity index is 2.65. The molecule has 0 aromatic heterocycles. The van der Waals surface area contributed by atoms with Crippen LogP contribution >= 0.6 is 0 Å². The van der Waals surface area contributed by atoms with Crippen molar-refractivity contribution in [3.63, 3.8) is 0 Å². The lowest BCUT2D eigenvalue weighted by molar-refractivity contribution is -0.138. The van der Waals surface area contributed by atoms with Crippen molar-refractivity contribution in [2.75, 3.05) is 11.1 Å². The standard InChI is InChI=1S/C12H15N3O5/c13-8-2-1-6(5-7(8)11(17)18)15-10(16)4-3-9(14)12(19)20/h1-2,5,9H,3-4,13-14H2,(H,15,16)(H,17,18)(H,19,20)/t9-/m0/s1. The van der Waals surface area contributed by atoms with Crippen molar-refractivity contribution in [2.45, 2.75) is 18.9 Å². The van der Waals surface area contributed by atoms with Crippen LogP contribution in [0, 0.1) is 0 Å². The van der Waals surface area contributed by atoms with Crippen LogP contribution < -0.4 is 16.8 Å². The minimum absolute atomic E-state index is 0.0120. The van der Waals surface area contributed by atoms with E-state index in [4.69, 9.17) is 21.7 Å². The van der Waals surface area contributed by atoms with Gasteiger partial charge in [0.25, 0.3) is 0 Å². The van der Waals surface area contributed by atoms with Crippen LogP contribution in [0.15, 0.2) is 18.2 Å². The minimum Gasteiger partial charge on any atom is -0.480 e. The van der Waals surface area contributed by atoms with Gasteiger partial charge in [-0.05, 0) is 24.6 Å². The van der Waals surface area contributed by atoms with E-state index in [0.29, 0.717) is 0 Å².